The van der Waals surface area contributed by atoms with Crippen LogP contribution in [-0.2, 0) is 9.53 Å². The Balaban J connectivity index is 2.33. The lowest BCUT2D eigenvalue weighted by Crippen LogP contribution is -2.20. The topological polar surface area (TPSA) is 46.5 Å². The fourth-order valence-electron chi connectivity index (χ4n) is 2.03. The molecule has 2 aromatic carbocycles. The molecule has 1 atom stereocenters. The zero-order valence-electron chi connectivity index (χ0n) is 11.9. The Bertz CT molecular complexity index is 563. The molecule has 0 radical (unpaired) electrons. The summed E-state index contributed by atoms with van der Waals surface area (Å²) in [6.45, 7) is 5.08. The van der Waals surface area contributed by atoms with E-state index in [1.807, 2.05) is 60.7 Å². The average molecular weight is 282 g/mol. The lowest BCUT2D eigenvalue weighted by Gasteiger charge is -2.18. The summed E-state index contributed by atoms with van der Waals surface area (Å²) in [7, 11) is 0. The Morgan fingerprint density at radius 2 is 1.43 bits per heavy atom. The molecule has 1 N–H and O–H groups in total. The fourth-order valence-corrected chi connectivity index (χ4v) is 2.03. The molecule has 1 unspecified atom stereocenters. The maximum Gasteiger partial charge on any atom is 0.323 e. The van der Waals surface area contributed by atoms with Crippen LogP contribution in [0.2, 0.25) is 0 Å². The van der Waals surface area contributed by atoms with Gasteiger partial charge in [0.15, 0.2) is 0 Å². The highest BCUT2D eigenvalue weighted by atomic mass is 16.5. The second kappa shape index (κ2) is 6.86. The van der Waals surface area contributed by atoms with E-state index in [0.29, 0.717) is 0 Å². The van der Waals surface area contributed by atoms with Gasteiger partial charge in [0, 0.05) is 0 Å². The van der Waals surface area contributed by atoms with Gasteiger partial charge in [0.1, 0.15) is 17.8 Å². The summed E-state index contributed by atoms with van der Waals surface area (Å²) in [6, 6.07) is 18.8. The minimum absolute atomic E-state index is 0.0527. The first kappa shape index (κ1) is 15.0. The van der Waals surface area contributed by atoms with Crippen LogP contribution in [0.5, 0.6) is 0 Å². The molecule has 0 aliphatic heterocycles. The molecule has 0 fully saturated rings. The summed E-state index contributed by atoms with van der Waals surface area (Å²) in [6.07, 6.45) is -0.888. The van der Waals surface area contributed by atoms with Crippen molar-refractivity contribution < 1.29 is 14.6 Å². The minimum atomic E-state index is -0.888. The number of carbonyl (C=O) groups is 1. The second-order valence-corrected chi connectivity index (χ2v) is 4.82. The number of aliphatic hydroxyl groups excluding tert-OH is 1. The predicted octanol–water partition coefficient (Wildman–Crippen LogP) is 3.26. The van der Waals surface area contributed by atoms with Crippen LogP contribution >= 0.6 is 0 Å². The van der Waals surface area contributed by atoms with Gasteiger partial charge >= 0.3 is 5.97 Å². The molecule has 0 aliphatic rings. The van der Waals surface area contributed by atoms with E-state index < -0.39 is 18.0 Å². The molecule has 0 bridgehead atoms. The largest absolute Gasteiger partial charge is 0.428 e. The van der Waals surface area contributed by atoms with E-state index in [2.05, 4.69) is 6.58 Å². The monoisotopic (exact) mass is 282 g/mol. The van der Waals surface area contributed by atoms with Crippen LogP contribution in [0.15, 0.2) is 73.0 Å². The number of benzene rings is 2. The molecule has 0 amide bonds. The summed E-state index contributed by atoms with van der Waals surface area (Å²) < 4.78 is 5.20. The Kier molecular flexibility index (Phi) is 4.90. The van der Waals surface area contributed by atoms with Crippen LogP contribution in [0.3, 0.4) is 0 Å². The smallest absolute Gasteiger partial charge is 0.323 e. The highest BCUT2D eigenvalue weighted by Crippen LogP contribution is 2.26. The van der Waals surface area contributed by atoms with E-state index in [1.165, 1.54) is 6.92 Å². The van der Waals surface area contributed by atoms with E-state index >= 15 is 0 Å². The third kappa shape index (κ3) is 3.80. The van der Waals surface area contributed by atoms with Gasteiger partial charge in [0.05, 0.1) is 0 Å². The van der Waals surface area contributed by atoms with Gasteiger partial charge in [-0.2, -0.15) is 0 Å². The minimum Gasteiger partial charge on any atom is -0.428 e. The molecule has 108 valence electrons. The molecule has 2 rings (SSSR count). The maximum atomic E-state index is 12.5. The van der Waals surface area contributed by atoms with Crippen molar-refractivity contribution in [1.29, 1.82) is 0 Å². The molecule has 21 heavy (non-hydrogen) atoms. The molecule has 3 nitrogen and oxygen atoms in total. The SMILES string of the molecule is C=C(OC(=O)C(c1ccccc1)c1ccccc1)C(C)O. The Hall–Kier alpha value is -2.39. The molecule has 0 saturated heterocycles. The van der Waals surface area contributed by atoms with Gasteiger partial charge in [-0.05, 0) is 18.1 Å². The predicted molar refractivity (Wildman–Crippen MR) is 81.6 cm³/mol. The Morgan fingerprint density at radius 1 is 1.00 bits per heavy atom. The average Bonchev–Trinajstić information content (AvgIpc) is 2.49. The first-order valence-corrected chi connectivity index (χ1v) is 6.78. The molecular weight excluding hydrogens is 264 g/mol. The molecule has 0 saturated carbocycles. The molecule has 2 aromatic rings. The summed E-state index contributed by atoms with van der Waals surface area (Å²) in [5.41, 5.74) is 1.68. The number of rotatable bonds is 5. The molecular formula is C18H18O3. The number of ether oxygens (including phenoxy) is 1. The summed E-state index contributed by atoms with van der Waals surface area (Å²) in [4.78, 5) is 12.5. The van der Waals surface area contributed by atoms with Gasteiger partial charge in [-0.3, -0.25) is 4.79 Å². The Morgan fingerprint density at radius 3 is 1.81 bits per heavy atom. The van der Waals surface area contributed by atoms with Gasteiger partial charge in [0.2, 0.25) is 0 Å². The standard InChI is InChI=1S/C18H18O3/c1-13(19)14(2)21-18(20)17(15-9-5-3-6-10-15)16-11-7-4-8-12-16/h3-13,17,19H,2H2,1H3. The number of esters is 1. The van der Waals surface area contributed by atoms with Crippen LogP contribution in [0.1, 0.15) is 24.0 Å². The lowest BCUT2D eigenvalue weighted by molar-refractivity contribution is -0.141. The molecule has 0 heterocycles. The van der Waals surface area contributed by atoms with Crippen molar-refractivity contribution in [2.75, 3.05) is 0 Å². The van der Waals surface area contributed by atoms with E-state index in [4.69, 9.17) is 4.74 Å². The summed E-state index contributed by atoms with van der Waals surface area (Å²) >= 11 is 0. The molecule has 3 heteroatoms. The van der Waals surface area contributed by atoms with Gasteiger partial charge in [-0.1, -0.05) is 67.2 Å². The number of hydrogen-bond acceptors (Lipinski definition) is 3. The lowest BCUT2D eigenvalue weighted by atomic mass is 9.91. The normalized spacial score (nSPS) is 12.0. The molecule has 0 aliphatic carbocycles. The van der Waals surface area contributed by atoms with Crippen LogP contribution in [0.25, 0.3) is 0 Å². The third-order valence-corrected chi connectivity index (χ3v) is 3.20. The number of carbonyl (C=O) groups excluding carboxylic acids is 1. The van der Waals surface area contributed by atoms with Crippen molar-refractivity contribution in [3.05, 3.63) is 84.1 Å². The highest BCUT2D eigenvalue weighted by molar-refractivity contribution is 5.83. The van der Waals surface area contributed by atoms with E-state index in [9.17, 15) is 9.90 Å². The summed E-state index contributed by atoms with van der Waals surface area (Å²) in [5.74, 6) is -0.932. The van der Waals surface area contributed by atoms with Gasteiger partial charge in [-0.25, -0.2) is 0 Å². The third-order valence-electron chi connectivity index (χ3n) is 3.20. The van der Waals surface area contributed by atoms with E-state index in [-0.39, 0.29) is 5.76 Å². The van der Waals surface area contributed by atoms with E-state index in [0.717, 1.165) is 11.1 Å². The van der Waals surface area contributed by atoms with Gasteiger partial charge in [-0.15, -0.1) is 0 Å². The van der Waals surface area contributed by atoms with Crippen molar-refractivity contribution in [2.24, 2.45) is 0 Å². The number of aliphatic hydroxyl groups is 1. The zero-order chi connectivity index (χ0) is 15.2. The number of hydrogen-bond donors (Lipinski definition) is 1. The maximum absolute atomic E-state index is 12.5. The highest BCUT2D eigenvalue weighted by Gasteiger charge is 2.25. The van der Waals surface area contributed by atoms with Crippen molar-refractivity contribution >= 4 is 5.97 Å². The van der Waals surface area contributed by atoms with Gasteiger partial charge < -0.3 is 9.84 Å². The first-order chi connectivity index (χ1) is 10.1. The van der Waals surface area contributed by atoms with Crippen LogP contribution < -0.4 is 0 Å². The Labute approximate surface area is 124 Å². The zero-order valence-corrected chi connectivity index (χ0v) is 11.9. The van der Waals surface area contributed by atoms with E-state index in [1.54, 1.807) is 0 Å². The summed E-state index contributed by atoms with van der Waals surface area (Å²) in [5, 5.41) is 9.42. The fraction of sp³-hybridized carbons (Fsp3) is 0.167. The van der Waals surface area contributed by atoms with Crippen molar-refractivity contribution in [2.45, 2.75) is 18.9 Å². The molecule has 0 aromatic heterocycles. The van der Waals surface area contributed by atoms with Crippen LogP contribution in [0, 0.1) is 0 Å². The second-order valence-electron chi connectivity index (χ2n) is 4.82. The van der Waals surface area contributed by atoms with Crippen molar-refractivity contribution in [3.8, 4) is 0 Å². The van der Waals surface area contributed by atoms with Crippen molar-refractivity contribution in [3.63, 3.8) is 0 Å². The van der Waals surface area contributed by atoms with Crippen molar-refractivity contribution in [1.82, 2.24) is 0 Å². The quantitative estimate of drug-likeness (QED) is 0.676. The van der Waals surface area contributed by atoms with Gasteiger partial charge in [0.25, 0.3) is 0 Å². The first-order valence-electron chi connectivity index (χ1n) is 6.78. The van der Waals surface area contributed by atoms with Crippen LogP contribution in [0.4, 0.5) is 0 Å². The van der Waals surface area contributed by atoms with Crippen LogP contribution in [-0.4, -0.2) is 17.2 Å². The molecule has 0 spiro atoms.